The van der Waals surface area contributed by atoms with Crippen molar-refractivity contribution in [2.75, 3.05) is 0 Å². The topological polar surface area (TPSA) is 0 Å². The van der Waals surface area contributed by atoms with E-state index in [0.29, 0.717) is 70.4 Å². The maximum atomic E-state index is 13.8. The summed E-state index contributed by atoms with van der Waals surface area (Å²) < 4.78 is 248. The van der Waals surface area contributed by atoms with Gasteiger partial charge in [-0.25, -0.2) is 0 Å². The summed E-state index contributed by atoms with van der Waals surface area (Å²) in [5.74, 6) is 0. The van der Waals surface area contributed by atoms with Gasteiger partial charge in [-0.1, -0.05) is 0 Å². The maximum Gasteiger partial charge on any atom is 0.416 e. The van der Waals surface area contributed by atoms with Gasteiger partial charge in [0.05, 0.1) is 33.4 Å². The minimum atomic E-state index is -5.27. The highest BCUT2D eigenvalue weighted by atomic mass is 32.1. The Morgan fingerprint density at radius 3 is 0.579 bits per heavy atom. The van der Waals surface area contributed by atoms with Crippen LogP contribution in [0.15, 0.2) is 72.8 Å². The van der Waals surface area contributed by atoms with Gasteiger partial charge in [-0.2, -0.15) is 79.0 Å². The molecule has 0 spiro atoms. The van der Waals surface area contributed by atoms with E-state index in [4.69, 9.17) is 0 Å². The number of hydrogen-bond donors (Lipinski definition) is 0. The van der Waals surface area contributed by atoms with E-state index in [1.807, 2.05) is 0 Å². The van der Waals surface area contributed by atoms with Gasteiger partial charge in [0.1, 0.15) is 0 Å². The van der Waals surface area contributed by atoms with Crippen molar-refractivity contribution in [1.29, 1.82) is 0 Å². The van der Waals surface area contributed by atoms with Crippen LogP contribution in [0.4, 0.5) is 79.0 Å². The first-order valence-electron chi connectivity index (χ1n) is 15.3. The molecule has 3 aromatic heterocycles. The molecule has 0 N–H and O–H groups in total. The average Bonchev–Trinajstić information content (AvgIpc) is 3.82. The third-order valence-corrected chi connectivity index (χ3v) is 12.2. The highest BCUT2D eigenvalue weighted by molar-refractivity contribution is 7.29. The van der Waals surface area contributed by atoms with Crippen LogP contribution in [0, 0.1) is 0 Å². The number of rotatable bonds is 3. The summed E-state index contributed by atoms with van der Waals surface area (Å²) in [5, 5.41) is 0.0614. The number of fused-ring (bicyclic) bond motifs is 6. The Morgan fingerprint density at radius 2 is 0.421 bits per heavy atom. The van der Waals surface area contributed by atoms with Crippen LogP contribution in [0.1, 0.15) is 33.4 Å². The SMILES string of the molecule is FC(F)(F)c1cc(-c2cc3c(s2)c2cc(-c4cc(C(F)(F)F)cc(C(F)(F)F)c4)sc2c2cc(-c4cc(C(F)(F)F)cc(C(F)(F)F)c4)sc32)cc(C(F)(F)F)c1. The van der Waals surface area contributed by atoms with Crippen molar-refractivity contribution < 1.29 is 79.0 Å². The molecule has 0 aliphatic rings. The molecular formula is C36H12F18S3. The van der Waals surface area contributed by atoms with E-state index >= 15 is 0 Å². The van der Waals surface area contributed by atoms with E-state index in [2.05, 4.69) is 0 Å². The monoisotopic (exact) mass is 882 g/mol. The Labute approximate surface area is 317 Å². The lowest BCUT2D eigenvalue weighted by atomic mass is 10.0. The molecule has 3 heterocycles. The highest BCUT2D eigenvalue weighted by Crippen LogP contribution is 2.53. The van der Waals surface area contributed by atoms with Crippen molar-refractivity contribution in [3.63, 3.8) is 0 Å². The molecule has 0 aliphatic heterocycles. The smallest absolute Gasteiger partial charge is 0.166 e. The van der Waals surface area contributed by atoms with Crippen LogP contribution in [-0.4, -0.2) is 0 Å². The third kappa shape index (κ3) is 7.76. The molecule has 0 radical (unpaired) electrons. The van der Waals surface area contributed by atoms with Crippen LogP contribution in [0.2, 0.25) is 0 Å². The molecule has 4 aromatic carbocycles. The van der Waals surface area contributed by atoms with E-state index in [9.17, 15) is 79.0 Å². The molecule has 0 amide bonds. The van der Waals surface area contributed by atoms with E-state index < -0.39 is 87.1 Å². The minimum Gasteiger partial charge on any atom is -0.166 e. The molecule has 0 bridgehead atoms. The molecule has 21 heteroatoms. The van der Waals surface area contributed by atoms with Crippen molar-refractivity contribution in [1.82, 2.24) is 0 Å². The molecule has 0 fully saturated rings. The Kier molecular flexibility index (Phi) is 9.28. The van der Waals surface area contributed by atoms with Gasteiger partial charge in [-0.15, -0.1) is 34.0 Å². The molecule has 0 unspecified atom stereocenters. The zero-order valence-electron chi connectivity index (χ0n) is 27.0. The second-order valence-corrected chi connectivity index (χ2v) is 15.6. The lowest BCUT2D eigenvalue weighted by Crippen LogP contribution is -2.10. The predicted octanol–water partition coefficient (Wildman–Crippen LogP) is 16.4. The molecule has 7 aromatic rings. The maximum absolute atomic E-state index is 13.8. The van der Waals surface area contributed by atoms with E-state index in [1.54, 1.807) is 0 Å². The number of halogens is 18. The molecule has 57 heavy (non-hydrogen) atoms. The molecule has 300 valence electrons. The van der Waals surface area contributed by atoms with E-state index in [0.717, 1.165) is 18.2 Å². The average molecular weight is 883 g/mol. The quantitative estimate of drug-likeness (QED) is 0.155. The van der Waals surface area contributed by atoms with E-state index in [-0.39, 0.29) is 63.1 Å². The molecule has 0 nitrogen and oxygen atoms in total. The number of alkyl halides is 18. The summed E-state index contributed by atoms with van der Waals surface area (Å²) in [5.41, 5.74) is -11.9. The molecule has 0 atom stereocenters. The van der Waals surface area contributed by atoms with Gasteiger partial charge in [0.25, 0.3) is 0 Å². The Balaban J connectivity index is 1.56. The fraction of sp³-hybridized carbons (Fsp3) is 0.167. The highest BCUT2D eigenvalue weighted by Gasteiger charge is 2.40. The predicted molar refractivity (Wildman–Crippen MR) is 179 cm³/mol. The normalized spacial score (nSPS) is 13.8. The second kappa shape index (κ2) is 13.0. The lowest BCUT2D eigenvalue weighted by molar-refractivity contribution is -0.144. The molecular weight excluding hydrogens is 871 g/mol. The van der Waals surface area contributed by atoms with Crippen LogP contribution in [0.5, 0.6) is 0 Å². The molecule has 7 rings (SSSR count). The fourth-order valence-electron chi connectivity index (χ4n) is 6.00. The minimum absolute atomic E-state index is 0.0205. The second-order valence-electron chi connectivity index (χ2n) is 12.4. The number of thiophene rings is 3. The zero-order chi connectivity index (χ0) is 42.0. The molecule has 0 saturated carbocycles. The van der Waals surface area contributed by atoms with Crippen molar-refractivity contribution >= 4 is 64.3 Å². The van der Waals surface area contributed by atoms with Crippen LogP contribution >= 0.6 is 34.0 Å². The van der Waals surface area contributed by atoms with Crippen molar-refractivity contribution in [3.8, 4) is 31.3 Å². The van der Waals surface area contributed by atoms with Gasteiger partial charge in [0.2, 0.25) is 0 Å². The number of hydrogen-bond acceptors (Lipinski definition) is 3. The van der Waals surface area contributed by atoms with Crippen LogP contribution in [0.25, 0.3) is 61.6 Å². The molecule has 0 aliphatic carbocycles. The van der Waals surface area contributed by atoms with Gasteiger partial charge >= 0.3 is 37.1 Å². The summed E-state index contributed by atoms with van der Waals surface area (Å²) in [6.07, 6.45) is -31.6. The summed E-state index contributed by atoms with van der Waals surface area (Å²) in [4.78, 5) is -0.722. The van der Waals surface area contributed by atoms with Crippen LogP contribution in [0.3, 0.4) is 0 Å². The van der Waals surface area contributed by atoms with Gasteiger partial charge in [0.15, 0.2) is 0 Å². The van der Waals surface area contributed by atoms with Crippen molar-refractivity contribution in [3.05, 3.63) is 106 Å². The Hall–Kier alpha value is -4.50. The van der Waals surface area contributed by atoms with Gasteiger partial charge < -0.3 is 0 Å². The summed E-state index contributed by atoms with van der Waals surface area (Å²) >= 11 is 1.78. The van der Waals surface area contributed by atoms with Gasteiger partial charge in [-0.3, -0.25) is 0 Å². The fourth-order valence-corrected chi connectivity index (χ4v) is 9.71. The van der Waals surface area contributed by atoms with Gasteiger partial charge in [0, 0.05) is 44.9 Å². The lowest BCUT2D eigenvalue weighted by Gasteiger charge is -2.13. The first-order valence-corrected chi connectivity index (χ1v) is 17.8. The van der Waals surface area contributed by atoms with Crippen LogP contribution < -0.4 is 0 Å². The first-order chi connectivity index (χ1) is 26.0. The Bertz CT molecular complexity index is 2220. The third-order valence-electron chi connectivity index (χ3n) is 8.55. The standard InChI is InChI=1S/C36H12F18S3/c37-31(38,39)16-1-13(2-17(7-16)32(40,41)42)25-10-22-28(55-25)23-11-26(14-3-18(33(43,44)45)8-19(4-14)34(46,47)48)57-30(23)24-12-27(56-29(22)24)15-5-20(35(49,50)51)9-21(6-15)36(52,53)54/h1-12H. The first kappa shape index (κ1) is 40.7. The van der Waals surface area contributed by atoms with Gasteiger partial charge in [-0.05, 0) is 89.5 Å². The summed E-state index contributed by atoms with van der Waals surface area (Å²) in [6.45, 7) is 0. The molecule has 0 saturated heterocycles. The van der Waals surface area contributed by atoms with Crippen molar-refractivity contribution in [2.24, 2.45) is 0 Å². The van der Waals surface area contributed by atoms with E-state index in [1.165, 1.54) is 0 Å². The summed E-state index contributed by atoms with van der Waals surface area (Å²) in [6, 6.07) is 5.50. The summed E-state index contributed by atoms with van der Waals surface area (Å²) in [7, 11) is 0. The zero-order valence-corrected chi connectivity index (χ0v) is 29.4. The van der Waals surface area contributed by atoms with Crippen LogP contribution in [-0.2, 0) is 37.1 Å². The Morgan fingerprint density at radius 1 is 0.246 bits per heavy atom. The number of benzene rings is 4. The van der Waals surface area contributed by atoms with Crippen molar-refractivity contribution in [2.45, 2.75) is 37.1 Å². The largest absolute Gasteiger partial charge is 0.416 e.